The second-order valence-corrected chi connectivity index (χ2v) is 6.99. The van der Waals surface area contributed by atoms with E-state index in [0.29, 0.717) is 30.2 Å². The van der Waals surface area contributed by atoms with E-state index in [4.69, 9.17) is 14.2 Å². The molecule has 0 saturated carbocycles. The van der Waals surface area contributed by atoms with E-state index >= 15 is 0 Å². The molecule has 2 aromatic carbocycles. The summed E-state index contributed by atoms with van der Waals surface area (Å²) in [5, 5.41) is 0. The zero-order chi connectivity index (χ0) is 18.8. The lowest BCUT2D eigenvalue weighted by Crippen LogP contribution is -2.50. The first-order chi connectivity index (χ1) is 13.2. The molecule has 1 fully saturated rings. The van der Waals surface area contributed by atoms with Gasteiger partial charge >= 0.3 is 0 Å². The summed E-state index contributed by atoms with van der Waals surface area (Å²) >= 11 is 0. The molecule has 1 amide bonds. The van der Waals surface area contributed by atoms with Crippen molar-refractivity contribution >= 4 is 5.91 Å². The summed E-state index contributed by atoms with van der Waals surface area (Å²) in [5.41, 5.74) is 3.03. The van der Waals surface area contributed by atoms with Gasteiger partial charge in [0.05, 0.1) is 26.9 Å². The highest BCUT2D eigenvalue weighted by atomic mass is 16.5. The quantitative estimate of drug-likeness (QED) is 0.831. The van der Waals surface area contributed by atoms with Gasteiger partial charge in [-0.25, -0.2) is 0 Å². The van der Waals surface area contributed by atoms with Crippen LogP contribution in [0.2, 0.25) is 0 Å². The molecule has 0 bridgehead atoms. The fraction of sp³-hybridized carbons (Fsp3) is 0.409. The van der Waals surface area contributed by atoms with Gasteiger partial charge in [-0.05, 0) is 42.5 Å². The monoisotopic (exact) mass is 367 g/mol. The third-order valence-electron chi connectivity index (χ3n) is 5.59. The first-order valence-electron chi connectivity index (χ1n) is 9.46. The zero-order valence-electron chi connectivity index (χ0n) is 15.8. The Morgan fingerprint density at radius 3 is 2.56 bits per heavy atom. The van der Waals surface area contributed by atoms with E-state index in [-0.39, 0.29) is 18.1 Å². The van der Waals surface area contributed by atoms with Gasteiger partial charge in [0, 0.05) is 6.54 Å². The van der Waals surface area contributed by atoms with Gasteiger partial charge in [-0.2, -0.15) is 0 Å². The van der Waals surface area contributed by atoms with Crippen LogP contribution < -0.4 is 9.47 Å². The van der Waals surface area contributed by atoms with Gasteiger partial charge < -0.3 is 19.1 Å². The molecule has 2 aromatic rings. The van der Waals surface area contributed by atoms with Crippen molar-refractivity contribution in [3.8, 4) is 11.5 Å². The van der Waals surface area contributed by atoms with Crippen LogP contribution in [0.1, 0.15) is 40.4 Å². The lowest BCUT2D eigenvalue weighted by atomic mass is 9.95. The van der Waals surface area contributed by atoms with E-state index in [1.165, 1.54) is 11.1 Å². The molecule has 0 spiro atoms. The second kappa shape index (κ2) is 7.61. The molecule has 2 aliphatic rings. The van der Waals surface area contributed by atoms with Gasteiger partial charge in [-0.15, -0.1) is 0 Å². The lowest BCUT2D eigenvalue weighted by molar-refractivity contribution is -0.0623. The number of ether oxygens (including phenoxy) is 3. The van der Waals surface area contributed by atoms with Gasteiger partial charge in [0.25, 0.3) is 5.91 Å². The van der Waals surface area contributed by atoms with Crippen LogP contribution in [0.15, 0.2) is 42.5 Å². The van der Waals surface area contributed by atoms with Crippen molar-refractivity contribution in [3.05, 3.63) is 59.2 Å². The maximum absolute atomic E-state index is 13.5. The minimum Gasteiger partial charge on any atom is -0.496 e. The third kappa shape index (κ3) is 3.16. The highest BCUT2D eigenvalue weighted by molar-refractivity contribution is 6.00. The van der Waals surface area contributed by atoms with Gasteiger partial charge in [-0.1, -0.05) is 30.3 Å². The van der Waals surface area contributed by atoms with Crippen molar-refractivity contribution in [2.75, 3.05) is 27.4 Å². The average Bonchev–Trinajstić information content (AvgIpc) is 2.92. The van der Waals surface area contributed by atoms with Crippen LogP contribution in [0.25, 0.3) is 0 Å². The van der Waals surface area contributed by atoms with Crippen LogP contribution in [-0.2, 0) is 11.2 Å². The minimum absolute atomic E-state index is 0.0181. The fourth-order valence-electron chi connectivity index (χ4n) is 4.32. The summed E-state index contributed by atoms with van der Waals surface area (Å²) in [6.07, 6.45) is 2.89. The molecule has 1 heterocycles. The zero-order valence-corrected chi connectivity index (χ0v) is 15.8. The van der Waals surface area contributed by atoms with Crippen LogP contribution in [0, 0.1) is 0 Å². The van der Waals surface area contributed by atoms with Crippen LogP contribution in [0.3, 0.4) is 0 Å². The number of benzene rings is 2. The van der Waals surface area contributed by atoms with Crippen LogP contribution in [0.4, 0.5) is 0 Å². The highest BCUT2D eigenvalue weighted by Crippen LogP contribution is 2.39. The van der Waals surface area contributed by atoms with Crippen LogP contribution in [0.5, 0.6) is 11.5 Å². The van der Waals surface area contributed by atoms with E-state index in [1.807, 2.05) is 11.0 Å². The molecule has 5 nitrogen and oxygen atoms in total. The predicted octanol–water partition coefficient (Wildman–Crippen LogP) is 3.62. The van der Waals surface area contributed by atoms with E-state index in [9.17, 15) is 4.79 Å². The lowest BCUT2D eigenvalue weighted by Gasteiger charge is -2.41. The largest absolute Gasteiger partial charge is 0.496 e. The highest BCUT2D eigenvalue weighted by Gasteiger charge is 2.39. The minimum atomic E-state index is -0.0814. The molecule has 1 aliphatic carbocycles. The molecule has 0 radical (unpaired) electrons. The number of amides is 1. The standard InChI is InChI=1S/C22H25NO4/c1-25-18-11-6-12-19(26-2)20(18)22(24)23-13-14-27-21-16-9-4-3-7-15(16)8-5-10-17(21)23/h3-4,6-7,9,11-12,17,21H,5,8,10,13-14H2,1-2H3/t17-,21-/m1/s1. The van der Waals surface area contributed by atoms with Gasteiger partial charge in [0.2, 0.25) is 0 Å². The Kier molecular flexibility index (Phi) is 5.03. The summed E-state index contributed by atoms with van der Waals surface area (Å²) in [7, 11) is 3.16. The third-order valence-corrected chi connectivity index (χ3v) is 5.59. The average molecular weight is 367 g/mol. The number of morpholine rings is 1. The SMILES string of the molecule is COc1cccc(OC)c1C(=O)N1CCO[C@@H]2c3ccccc3CCC[C@H]21. The molecule has 1 saturated heterocycles. The van der Waals surface area contributed by atoms with Gasteiger partial charge in [0.1, 0.15) is 23.2 Å². The number of rotatable bonds is 3. The summed E-state index contributed by atoms with van der Waals surface area (Å²) < 4.78 is 17.1. The summed E-state index contributed by atoms with van der Waals surface area (Å²) in [4.78, 5) is 15.5. The normalized spacial score (nSPS) is 21.6. The Labute approximate surface area is 159 Å². The molecular formula is C22H25NO4. The van der Waals surface area contributed by atoms with E-state index in [2.05, 4.69) is 24.3 Å². The van der Waals surface area contributed by atoms with Crippen molar-refractivity contribution < 1.29 is 19.0 Å². The Morgan fingerprint density at radius 2 is 1.81 bits per heavy atom. The number of hydrogen-bond acceptors (Lipinski definition) is 4. The second-order valence-electron chi connectivity index (χ2n) is 6.99. The molecule has 0 aromatic heterocycles. The number of nitrogens with zero attached hydrogens (tertiary/aromatic N) is 1. The topological polar surface area (TPSA) is 48.0 Å². The Balaban J connectivity index is 1.72. The predicted molar refractivity (Wildman–Crippen MR) is 102 cm³/mol. The number of methoxy groups -OCH3 is 2. The molecule has 142 valence electrons. The van der Waals surface area contributed by atoms with E-state index < -0.39 is 0 Å². The number of carbonyl (C=O) groups is 1. The molecule has 5 heteroatoms. The summed E-state index contributed by atoms with van der Waals surface area (Å²) in [6.45, 7) is 1.10. The number of carbonyl (C=O) groups excluding carboxylic acids is 1. The number of aryl methyl sites for hydroxylation is 1. The Morgan fingerprint density at radius 1 is 1.07 bits per heavy atom. The summed E-state index contributed by atoms with van der Waals surface area (Å²) in [6, 6.07) is 13.9. The van der Waals surface area contributed by atoms with Crippen LogP contribution in [-0.4, -0.2) is 44.2 Å². The van der Waals surface area contributed by atoms with E-state index in [1.54, 1.807) is 26.4 Å². The van der Waals surface area contributed by atoms with Crippen molar-refractivity contribution in [2.45, 2.75) is 31.4 Å². The molecule has 0 N–H and O–H groups in total. The first kappa shape index (κ1) is 17.9. The van der Waals surface area contributed by atoms with Crippen molar-refractivity contribution in [3.63, 3.8) is 0 Å². The Bertz CT molecular complexity index is 813. The maximum Gasteiger partial charge on any atom is 0.261 e. The molecule has 27 heavy (non-hydrogen) atoms. The first-order valence-corrected chi connectivity index (χ1v) is 9.46. The number of hydrogen-bond donors (Lipinski definition) is 0. The molecule has 0 unspecified atom stereocenters. The summed E-state index contributed by atoms with van der Waals surface area (Å²) in [5.74, 6) is 1.02. The van der Waals surface area contributed by atoms with Crippen molar-refractivity contribution in [1.82, 2.24) is 4.90 Å². The van der Waals surface area contributed by atoms with E-state index in [0.717, 1.165) is 19.3 Å². The van der Waals surface area contributed by atoms with Crippen molar-refractivity contribution in [1.29, 1.82) is 0 Å². The molecule has 2 atom stereocenters. The van der Waals surface area contributed by atoms with Crippen molar-refractivity contribution in [2.24, 2.45) is 0 Å². The van der Waals surface area contributed by atoms with Crippen LogP contribution >= 0.6 is 0 Å². The molecular weight excluding hydrogens is 342 g/mol. The smallest absolute Gasteiger partial charge is 0.261 e. The van der Waals surface area contributed by atoms with Gasteiger partial charge in [0.15, 0.2) is 0 Å². The molecule has 4 rings (SSSR count). The van der Waals surface area contributed by atoms with Gasteiger partial charge in [-0.3, -0.25) is 4.79 Å². The fourth-order valence-corrected chi connectivity index (χ4v) is 4.32. The number of fused-ring (bicyclic) bond motifs is 3. The maximum atomic E-state index is 13.5. The Hall–Kier alpha value is -2.53. The molecule has 1 aliphatic heterocycles.